The Morgan fingerprint density at radius 3 is 2.29 bits per heavy atom. The van der Waals surface area contributed by atoms with Crippen molar-refractivity contribution in [3.05, 3.63) is 63.6 Å². The summed E-state index contributed by atoms with van der Waals surface area (Å²) in [5, 5.41) is 3.64. The second kappa shape index (κ2) is 8.18. The average molecular weight is 365 g/mol. The normalized spacial score (nSPS) is 10.3. The van der Waals surface area contributed by atoms with Gasteiger partial charge in [-0.25, -0.2) is 0 Å². The van der Waals surface area contributed by atoms with Crippen molar-refractivity contribution in [1.29, 1.82) is 0 Å². The molecule has 2 aromatic rings. The van der Waals surface area contributed by atoms with Crippen molar-refractivity contribution in [2.24, 2.45) is 0 Å². The zero-order valence-electron chi connectivity index (χ0n) is 13.5. The molecule has 0 aliphatic rings. The van der Waals surface area contributed by atoms with Crippen LogP contribution in [0.1, 0.15) is 18.1 Å². The van der Waals surface area contributed by atoms with Crippen molar-refractivity contribution in [3.63, 3.8) is 0 Å². The van der Waals surface area contributed by atoms with Gasteiger partial charge in [0.25, 0.3) is 0 Å². The number of aryl methyl sites for hydroxylation is 1. The molecular formula is C18H18Cl2N2O2. The lowest BCUT2D eigenvalue weighted by Crippen LogP contribution is -2.39. The Kier molecular flexibility index (Phi) is 6.23. The van der Waals surface area contributed by atoms with Crippen LogP contribution in [-0.2, 0) is 16.1 Å². The minimum atomic E-state index is -0.264. The van der Waals surface area contributed by atoms with Crippen LogP contribution in [0.2, 0.25) is 10.0 Å². The van der Waals surface area contributed by atoms with Crippen molar-refractivity contribution in [2.45, 2.75) is 20.4 Å². The largest absolute Gasteiger partial charge is 0.350 e. The van der Waals surface area contributed by atoms with Gasteiger partial charge in [-0.3, -0.25) is 9.59 Å². The van der Waals surface area contributed by atoms with Crippen LogP contribution < -0.4 is 10.2 Å². The third kappa shape index (κ3) is 4.98. The Morgan fingerprint density at radius 2 is 1.71 bits per heavy atom. The highest BCUT2D eigenvalue weighted by Crippen LogP contribution is 2.25. The van der Waals surface area contributed by atoms with Crippen LogP contribution in [-0.4, -0.2) is 18.4 Å². The number of benzene rings is 2. The number of nitrogens with one attached hydrogen (secondary N) is 1. The number of amides is 2. The predicted molar refractivity (Wildman–Crippen MR) is 97.5 cm³/mol. The molecule has 0 fully saturated rings. The van der Waals surface area contributed by atoms with Crippen LogP contribution in [0, 0.1) is 6.92 Å². The highest BCUT2D eigenvalue weighted by atomic mass is 35.5. The van der Waals surface area contributed by atoms with Crippen molar-refractivity contribution in [3.8, 4) is 0 Å². The molecule has 0 atom stereocenters. The molecule has 24 heavy (non-hydrogen) atoms. The van der Waals surface area contributed by atoms with Crippen LogP contribution in [0.4, 0.5) is 5.69 Å². The summed E-state index contributed by atoms with van der Waals surface area (Å²) >= 11 is 11.9. The van der Waals surface area contributed by atoms with Crippen LogP contribution in [0.15, 0.2) is 42.5 Å². The van der Waals surface area contributed by atoms with Crippen LogP contribution in [0.5, 0.6) is 0 Å². The zero-order valence-corrected chi connectivity index (χ0v) is 15.0. The van der Waals surface area contributed by atoms with E-state index in [4.69, 9.17) is 23.2 Å². The second-order valence-corrected chi connectivity index (χ2v) is 6.31. The molecule has 2 rings (SSSR count). The quantitative estimate of drug-likeness (QED) is 0.872. The standard InChI is InChI=1S/C18H18Cl2N2O2/c1-12-5-3-4-6-14(12)10-21-18(24)11-22(13(2)23)17-8-15(19)7-16(20)9-17/h3-9H,10-11H2,1-2H3,(H,21,24). The fourth-order valence-corrected chi connectivity index (χ4v) is 2.80. The molecule has 0 saturated carbocycles. The minimum absolute atomic E-state index is 0.0993. The Hall–Kier alpha value is -2.04. The molecule has 0 heterocycles. The number of rotatable bonds is 5. The average Bonchev–Trinajstić information content (AvgIpc) is 2.50. The van der Waals surface area contributed by atoms with Crippen molar-refractivity contribution >= 4 is 40.7 Å². The zero-order chi connectivity index (χ0) is 17.7. The summed E-state index contributed by atoms with van der Waals surface area (Å²) in [6, 6.07) is 12.6. The highest BCUT2D eigenvalue weighted by Gasteiger charge is 2.17. The first-order chi connectivity index (χ1) is 11.4. The van der Waals surface area contributed by atoms with Crippen LogP contribution in [0.25, 0.3) is 0 Å². The van der Waals surface area contributed by atoms with E-state index in [1.54, 1.807) is 18.2 Å². The summed E-state index contributed by atoms with van der Waals surface area (Å²) in [5.74, 6) is -0.524. The molecule has 2 amide bonds. The molecule has 1 N–H and O–H groups in total. The Bertz CT molecular complexity index is 742. The van der Waals surface area contributed by atoms with Gasteiger partial charge in [-0.1, -0.05) is 47.5 Å². The maximum atomic E-state index is 12.2. The van der Waals surface area contributed by atoms with Gasteiger partial charge in [0.2, 0.25) is 11.8 Å². The fourth-order valence-electron chi connectivity index (χ4n) is 2.28. The van der Waals surface area contributed by atoms with Crippen molar-refractivity contribution in [2.75, 3.05) is 11.4 Å². The van der Waals surface area contributed by atoms with E-state index >= 15 is 0 Å². The molecule has 0 aliphatic carbocycles. The molecule has 126 valence electrons. The number of anilines is 1. The van der Waals surface area contributed by atoms with Gasteiger partial charge in [0.05, 0.1) is 0 Å². The third-order valence-corrected chi connectivity index (χ3v) is 4.01. The Morgan fingerprint density at radius 1 is 1.08 bits per heavy atom. The summed E-state index contributed by atoms with van der Waals surface area (Å²) in [7, 11) is 0. The number of carbonyl (C=O) groups is 2. The second-order valence-electron chi connectivity index (χ2n) is 5.44. The lowest BCUT2D eigenvalue weighted by atomic mass is 10.1. The van der Waals surface area contributed by atoms with Gasteiger partial charge in [0.15, 0.2) is 0 Å². The maximum absolute atomic E-state index is 12.2. The number of halogens is 2. The smallest absolute Gasteiger partial charge is 0.240 e. The van der Waals surface area contributed by atoms with E-state index in [0.717, 1.165) is 11.1 Å². The predicted octanol–water partition coefficient (Wildman–Crippen LogP) is 3.97. The molecule has 0 bridgehead atoms. The first-order valence-corrected chi connectivity index (χ1v) is 8.18. The topological polar surface area (TPSA) is 49.4 Å². The third-order valence-electron chi connectivity index (χ3n) is 3.58. The summed E-state index contributed by atoms with van der Waals surface area (Å²) in [5.41, 5.74) is 2.62. The SMILES string of the molecule is CC(=O)N(CC(=O)NCc1ccccc1C)c1cc(Cl)cc(Cl)c1. The maximum Gasteiger partial charge on any atom is 0.240 e. The van der Waals surface area contributed by atoms with E-state index in [1.807, 2.05) is 31.2 Å². The van der Waals surface area contributed by atoms with E-state index in [9.17, 15) is 9.59 Å². The molecule has 0 aliphatic heterocycles. The fraction of sp³-hybridized carbons (Fsp3) is 0.222. The number of hydrogen-bond acceptors (Lipinski definition) is 2. The van der Waals surface area contributed by atoms with Crippen LogP contribution in [0.3, 0.4) is 0 Å². The van der Waals surface area contributed by atoms with Gasteiger partial charge in [0, 0.05) is 29.2 Å². The van der Waals surface area contributed by atoms with Gasteiger partial charge >= 0.3 is 0 Å². The van der Waals surface area contributed by atoms with E-state index < -0.39 is 0 Å². The first kappa shape index (κ1) is 18.3. The van der Waals surface area contributed by atoms with Gasteiger partial charge < -0.3 is 10.2 Å². The minimum Gasteiger partial charge on any atom is -0.350 e. The first-order valence-electron chi connectivity index (χ1n) is 7.42. The van der Waals surface area contributed by atoms with E-state index in [2.05, 4.69) is 5.32 Å². The molecular weight excluding hydrogens is 347 g/mol. The van der Waals surface area contributed by atoms with E-state index in [1.165, 1.54) is 11.8 Å². The van der Waals surface area contributed by atoms with Gasteiger partial charge in [-0.15, -0.1) is 0 Å². The van der Waals surface area contributed by atoms with Crippen molar-refractivity contribution in [1.82, 2.24) is 5.32 Å². The Labute approximate surface area is 151 Å². The van der Waals surface area contributed by atoms with Gasteiger partial charge in [0.1, 0.15) is 6.54 Å². The summed E-state index contributed by atoms with van der Waals surface area (Å²) in [6.07, 6.45) is 0. The molecule has 0 spiro atoms. The lowest BCUT2D eigenvalue weighted by Gasteiger charge is -2.21. The molecule has 0 unspecified atom stereocenters. The monoisotopic (exact) mass is 364 g/mol. The van der Waals surface area contributed by atoms with Crippen molar-refractivity contribution < 1.29 is 9.59 Å². The summed E-state index contributed by atoms with van der Waals surface area (Å²) in [4.78, 5) is 25.4. The Balaban J connectivity index is 2.06. The molecule has 6 heteroatoms. The molecule has 0 radical (unpaired) electrons. The number of carbonyl (C=O) groups excluding carboxylic acids is 2. The summed E-state index contributed by atoms with van der Waals surface area (Å²) < 4.78 is 0. The molecule has 0 saturated heterocycles. The van der Waals surface area contributed by atoms with E-state index in [-0.39, 0.29) is 18.4 Å². The molecule has 4 nitrogen and oxygen atoms in total. The highest BCUT2D eigenvalue weighted by molar-refractivity contribution is 6.35. The molecule has 2 aromatic carbocycles. The van der Waals surface area contributed by atoms with Gasteiger partial charge in [-0.05, 0) is 36.2 Å². The van der Waals surface area contributed by atoms with E-state index in [0.29, 0.717) is 22.3 Å². The lowest BCUT2D eigenvalue weighted by molar-refractivity contribution is -0.123. The number of hydrogen-bond donors (Lipinski definition) is 1. The summed E-state index contributed by atoms with van der Waals surface area (Å²) in [6.45, 7) is 3.69. The van der Waals surface area contributed by atoms with Crippen LogP contribution >= 0.6 is 23.2 Å². The number of nitrogens with zero attached hydrogens (tertiary/aromatic N) is 1. The molecule has 0 aromatic heterocycles. The van der Waals surface area contributed by atoms with Gasteiger partial charge in [-0.2, -0.15) is 0 Å².